The van der Waals surface area contributed by atoms with E-state index in [0.717, 1.165) is 24.8 Å². The summed E-state index contributed by atoms with van der Waals surface area (Å²) in [5, 5.41) is 21.0. The van der Waals surface area contributed by atoms with Crippen LogP contribution in [0.25, 0.3) is 0 Å². The van der Waals surface area contributed by atoms with E-state index in [0.29, 0.717) is 6.54 Å². The molecule has 0 amide bonds. The van der Waals surface area contributed by atoms with Gasteiger partial charge >= 0.3 is 0 Å². The summed E-state index contributed by atoms with van der Waals surface area (Å²) in [4.78, 5) is 0. The highest BCUT2D eigenvalue weighted by Gasteiger charge is 2.26. The third-order valence-corrected chi connectivity index (χ3v) is 3.40. The quantitative estimate of drug-likeness (QED) is 0.887. The fourth-order valence-corrected chi connectivity index (χ4v) is 2.38. The van der Waals surface area contributed by atoms with Crippen molar-refractivity contribution in [3.63, 3.8) is 0 Å². The first-order valence-electron chi connectivity index (χ1n) is 6.06. The van der Waals surface area contributed by atoms with Crippen LogP contribution in [0.15, 0.2) is 18.2 Å². The van der Waals surface area contributed by atoms with Crippen molar-refractivity contribution in [2.75, 3.05) is 0 Å². The molecule has 3 nitrogen and oxygen atoms in total. The summed E-state index contributed by atoms with van der Waals surface area (Å²) in [6.45, 7) is 0.567. The Morgan fingerprint density at radius 1 is 1.33 bits per heavy atom. The standard InChI is InChI=1S/C14H14FN3/c15-13-5-4-10(6-12(13)8-17)9-18-14-3-1-2-11(14)7-16/h4-6,11,14,18H,1-3,9H2/t11-,14-/m1/s1. The summed E-state index contributed by atoms with van der Waals surface area (Å²) in [6.07, 6.45) is 3.02. The van der Waals surface area contributed by atoms with Crippen LogP contribution in [0.3, 0.4) is 0 Å². The average molecular weight is 243 g/mol. The van der Waals surface area contributed by atoms with E-state index in [1.54, 1.807) is 12.1 Å². The molecule has 0 heterocycles. The fraction of sp³-hybridized carbons (Fsp3) is 0.429. The second-order valence-corrected chi connectivity index (χ2v) is 4.58. The van der Waals surface area contributed by atoms with Gasteiger partial charge in [0, 0.05) is 12.6 Å². The first-order chi connectivity index (χ1) is 8.74. The Labute approximate surface area is 106 Å². The highest BCUT2D eigenvalue weighted by Crippen LogP contribution is 2.25. The second-order valence-electron chi connectivity index (χ2n) is 4.58. The molecule has 0 spiro atoms. The van der Waals surface area contributed by atoms with E-state index >= 15 is 0 Å². The van der Waals surface area contributed by atoms with E-state index in [1.165, 1.54) is 6.07 Å². The molecule has 1 aromatic carbocycles. The highest BCUT2D eigenvalue weighted by atomic mass is 19.1. The smallest absolute Gasteiger partial charge is 0.140 e. The summed E-state index contributed by atoms with van der Waals surface area (Å²) in [5.41, 5.74) is 0.939. The molecule has 18 heavy (non-hydrogen) atoms. The molecule has 1 aliphatic carbocycles. The fourth-order valence-electron chi connectivity index (χ4n) is 2.38. The van der Waals surface area contributed by atoms with Crippen LogP contribution < -0.4 is 5.32 Å². The van der Waals surface area contributed by atoms with Crippen molar-refractivity contribution in [1.29, 1.82) is 10.5 Å². The molecule has 1 aliphatic rings. The predicted octanol–water partition coefficient (Wildman–Crippen LogP) is 2.48. The van der Waals surface area contributed by atoms with Crippen LogP contribution in [0.4, 0.5) is 4.39 Å². The molecule has 1 fully saturated rings. The van der Waals surface area contributed by atoms with E-state index < -0.39 is 5.82 Å². The van der Waals surface area contributed by atoms with Gasteiger partial charge in [0.2, 0.25) is 0 Å². The van der Waals surface area contributed by atoms with Crippen molar-refractivity contribution in [2.45, 2.75) is 31.8 Å². The minimum absolute atomic E-state index is 0.0672. The lowest BCUT2D eigenvalue weighted by Gasteiger charge is -2.15. The van der Waals surface area contributed by atoms with Gasteiger partial charge in [-0.15, -0.1) is 0 Å². The van der Waals surface area contributed by atoms with Gasteiger partial charge in [-0.1, -0.05) is 12.5 Å². The lowest BCUT2D eigenvalue weighted by Crippen LogP contribution is -2.31. The van der Waals surface area contributed by atoms with E-state index in [2.05, 4.69) is 11.4 Å². The molecule has 1 N–H and O–H groups in total. The molecule has 0 unspecified atom stereocenters. The van der Waals surface area contributed by atoms with Crippen LogP contribution in [0, 0.1) is 34.4 Å². The minimum Gasteiger partial charge on any atom is -0.309 e. The van der Waals surface area contributed by atoms with Crippen molar-refractivity contribution in [3.8, 4) is 12.1 Å². The predicted molar refractivity (Wildman–Crippen MR) is 64.7 cm³/mol. The normalized spacial score (nSPS) is 22.4. The molecule has 0 radical (unpaired) electrons. The van der Waals surface area contributed by atoms with Gasteiger partial charge in [0.15, 0.2) is 0 Å². The lowest BCUT2D eigenvalue weighted by atomic mass is 10.1. The van der Waals surface area contributed by atoms with Crippen molar-refractivity contribution in [2.24, 2.45) is 5.92 Å². The molecular formula is C14H14FN3. The van der Waals surface area contributed by atoms with Gasteiger partial charge in [-0.2, -0.15) is 10.5 Å². The molecule has 2 atom stereocenters. The Morgan fingerprint density at radius 2 is 2.17 bits per heavy atom. The van der Waals surface area contributed by atoms with Crippen molar-refractivity contribution < 1.29 is 4.39 Å². The molecule has 1 saturated carbocycles. The molecule has 0 bridgehead atoms. The average Bonchev–Trinajstić information content (AvgIpc) is 2.85. The number of hydrogen-bond acceptors (Lipinski definition) is 3. The third-order valence-electron chi connectivity index (χ3n) is 3.40. The molecule has 0 saturated heterocycles. The third kappa shape index (κ3) is 2.67. The van der Waals surface area contributed by atoms with Gasteiger partial charge in [0.25, 0.3) is 0 Å². The topological polar surface area (TPSA) is 59.6 Å². The maximum Gasteiger partial charge on any atom is 0.140 e. The van der Waals surface area contributed by atoms with Gasteiger partial charge < -0.3 is 5.32 Å². The monoisotopic (exact) mass is 243 g/mol. The summed E-state index contributed by atoms with van der Waals surface area (Å²) >= 11 is 0. The van der Waals surface area contributed by atoms with Crippen LogP contribution in [-0.4, -0.2) is 6.04 Å². The Hall–Kier alpha value is -1.91. The van der Waals surface area contributed by atoms with Gasteiger partial charge in [0.05, 0.1) is 17.6 Å². The number of nitriles is 2. The number of hydrogen-bond donors (Lipinski definition) is 1. The van der Waals surface area contributed by atoms with Crippen molar-refractivity contribution in [3.05, 3.63) is 35.1 Å². The van der Waals surface area contributed by atoms with Crippen LogP contribution in [0.1, 0.15) is 30.4 Å². The first-order valence-corrected chi connectivity index (χ1v) is 6.06. The van der Waals surface area contributed by atoms with Crippen molar-refractivity contribution >= 4 is 0 Å². The van der Waals surface area contributed by atoms with Gasteiger partial charge in [-0.3, -0.25) is 0 Å². The molecule has 1 aromatic rings. The van der Waals surface area contributed by atoms with Gasteiger partial charge in [-0.25, -0.2) is 4.39 Å². The second kappa shape index (κ2) is 5.62. The largest absolute Gasteiger partial charge is 0.309 e. The molecule has 4 heteroatoms. The Balaban J connectivity index is 1.99. The number of nitrogens with zero attached hydrogens (tertiary/aromatic N) is 2. The summed E-state index contributed by atoms with van der Waals surface area (Å²) in [5.74, 6) is -0.419. The molecular weight excluding hydrogens is 229 g/mol. The molecule has 0 aromatic heterocycles. The number of benzene rings is 1. The summed E-state index contributed by atoms with van der Waals surface area (Å²) < 4.78 is 13.1. The summed E-state index contributed by atoms with van der Waals surface area (Å²) in [7, 11) is 0. The van der Waals surface area contributed by atoms with E-state index in [9.17, 15) is 4.39 Å². The minimum atomic E-state index is -0.489. The zero-order valence-electron chi connectivity index (χ0n) is 9.99. The SMILES string of the molecule is N#Cc1cc(CN[C@@H]2CCC[C@@H]2C#N)ccc1F. The highest BCUT2D eigenvalue weighted by molar-refractivity contribution is 5.34. The zero-order valence-corrected chi connectivity index (χ0v) is 9.99. The Morgan fingerprint density at radius 3 is 2.89 bits per heavy atom. The first kappa shape index (κ1) is 12.5. The van der Waals surface area contributed by atoms with Crippen LogP contribution in [-0.2, 0) is 6.54 Å². The Kier molecular flexibility index (Phi) is 3.92. The Bertz CT molecular complexity index is 513. The lowest BCUT2D eigenvalue weighted by molar-refractivity contribution is 0.464. The van der Waals surface area contributed by atoms with Crippen molar-refractivity contribution in [1.82, 2.24) is 5.32 Å². The molecule has 92 valence electrons. The van der Waals surface area contributed by atoms with Crippen LogP contribution >= 0.6 is 0 Å². The van der Waals surface area contributed by atoms with Gasteiger partial charge in [0.1, 0.15) is 11.9 Å². The maximum absolute atomic E-state index is 13.1. The number of rotatable bonds is 3. The van der Waals surface area contributed by atoms with E-state index in [1.807, 2.05) is 6.07 Å². The molecule has 2 rings (SSSR count). The van der Waals surface area contributed by atoms with Crippen LogP contribution in [0.2, 0.25) is 0 Å². The van der Waals surface area contributed by atoms with Gasteiger partial charge in [-0.05, 0) is 30.5 Å². The molecule has 0 aliphatic heterocycles. The van der Waals surface area contributed by atoms with Crippen LogP contribution in [0.5, 0.6) is 0 Å². The maximum atomic E-state index is 13.1. The number of halogens is 1. The number of nitrogens with one attached hydrogen (secondary N) is 1. The summed E-state index contributed by atoms with van der Waals surface area (Å²) in [6, 6.07) is 8.88. The van der Waals surface area contributed by atoms with E-state index in [4.69, 9.17) is 10.5 Å². The zero-order chi connectivity index (χ0) is 13.0. The van der Waals surface area contributed by atoms with E-state index in [-0.39, 0.29) is 17.5 Å².